The van der Waals surface area contributed by atoms with Crippen molar-refractivity contribution >= 4 is 23.2 Å². The Balaban J connectivity index is 1.56. The first kappa shape index (κ1) is 28.5. The molecule has 0 N–H and O–H groups in total. The van der Waals surface area contributed by atoms with E-state index in [1.54, 1.807) is 51.5 Å². The van der Waals surface area contributed by atoms with Crippen molar-refractivity contribution < 1.29 is 28.2 Å². The SMILES string of the molecule is COc1cc(OC)cc(C(=O)N(CCN2CCOCC2)CC(=O)N(Cc2ccc(F)cc2)Cc2cccs2)c1. The molecule has 0 radical (unpaired) electrons. The molecule has 10 heteroatoms. The number of nitrogens with zero attached hydrogens (tertiary/aromatic N) is 3. The van der Waals surface area contributed by atoms with Gasteiger partial charge in [-0.05, 0) is 41.3 Å². The Kier molecular flexibility index (Phi) is 10.3. The zero-order chi connectivity index (χ0) is 27.6. The Hall–Kier alpha value is -3.47. The average molecular weight is 556 g/mol. The van der Waals surface area contributed by atoms with E-state index in [1.165, 1.54) is 26.4 Å². The summed E-state index contributed by atoms with van der Waals surface area (Å²) in [5.41, 5.74) is 1.19. The predicted molar refractivity (Wildman–Crippen MR) is 148 cm³/mol. The topological polar surface area (TPSA) is 71.5 Å². The average Bonchev–Trinajstić information content (AvgIpc) is 3.49. The van der Waals surface area contributed by atoms with Crippen molar-refractivity contribution in [1.82, 2.24) is 14.7 Å². The fourth-order valence-electron chi connectivity index (χ4n) is 4.35. The molecule has 2 amide bonds. The fraction of sp³-hybridized carbons (Fsp3) is 0.379. The number of methoxy groups -OCH3 is 2. The maximum absolute atomic E-state index is 13.8. The van der Waals surface area contributed by atoms with Crippen molar-refractivity contribution in [2.75, 3.05) is 60.2 Å². The second-order valence-corrected chi connectivity index (χ2v) is 10.3. The number of benzene rings is 2. The summed E-state index contributed by atoms with van der Waals surface area (Å²) in [5, 5.41) is 1.96. The van der Waals surface area contributed by atoms with E-state index in [2.05, 4.69) is 4.90 Å². The normalized spacial score (nSPS) is 13.6. The van der Waals surface area contributed by atoms with Gasteiger partial charge in [-0.1, -0.05) is 18.2 Å². The van der Waals surface area contributed by atoms with Crippen LogP contribution in [0.3, 0.4) is 0 Å². The maximum Gasteiger partial charge on any atom is 0.254 e. The van der Waals surface area contributed by atoms with E-state index in [1.807, 2.05) is 17.5 Å². The zero-order valence-electron chi connectivity index (χ0n) is 22.3. The standard InChI is InChI=1S/C29H34FN3O5S/c1-36-25-16-23(17-26(18-25)37-2)29(35)32(10-9-31-11-13-38-14-12-31)21-28(34)33(20-27-4-3-15-39-27)19-22-5-7-24(30)8-6-22/h3-8,15-18H,9-14,19-21H2,1-2H3. The van der Waals surface area contributed by atoms with Crippen molar-refractivity contribution in [3.63, 3.8) is 0 Å². The summed E-state index contributed by atoms with van der Waals surface area (Å²) >= 11 is 1.56. The Morgan fingerprint density at radius 2 is 1.67 bits per heavy atom. The summed E-state index contributed by atoms with van der Waals surface area (Å²) in [6.07, 6.45) is 0. The summed E-state index contributed by atoms with van der Waals surface area (Å²) in [5.74, 6) is 0.175. The number of rotatable bonds is 12. The Morgan fingerprint density at radius 1 is 0.974 bits per heavy atom. The molecule has 39 heavy (non-hydrogen) atoms. The van der Waals surface area contributed by atoms with Gasteiger partial charge in [-0.15, -0.1) is 11.3 Å². The lowest BCUT2D eigenvalue weighted by molar-refractivity contribution is -0.133. The van der Waals surface area contributed by atoms with Gasteiger partial charge in [0.05, 0.1) is 34.0 Å². The molecule has 8 nitrogen and oxygen atoms in total. The van der Waals surface area contributed by atoms with Gasteiger partial charge < -0.3 is 24.0 Å². The van der Waals surface area contributed by atoms with Gasteiger partial charge in [-0.25, -0.2) is 4.39 Å². The first-order valence-electron chi connectivity index (χ1n) is 12.8. The van der Waals surface area contributed by atoms with Crippen LogP contribution in [0.15, 0.2) is 60.0 Å². The van der Waals surface area contributed by atoms with Gasteiger partial charge >= 0.3 is 0 Å². The molecule has 0 atom stereocenters. The third kappa shape index (κ3) is 8.26. The van der Waals surface area contributed by atoms with E-state index < -0.39 is 0 Å². The van der Waals surface area contributed by atoms with Crippen LogP contribution in [0.25, 0.3) is 0 Å². The lowest BCUT2D eigenvalue weighted by atomic mass is 10.1. The molecule has 2 aromatic carbocycles. The highest BCUT2D eigenvalue weighted by molar-refractivity contribution is 7.09. The number of carbonyl (C=O) groups is 2. The van der Waals surface area contributed by atoms with Crippen LogP contribution < -0.4 is 9.47 Å². The van der Waals surface area contributed by atoms with Gasteiger partial charge in [0.15, 0.2) is 0 Å². The molecular formula is C29H34FN3O5S. The molecule has 0 saturated carbocycles. The quantitative estimate of drug-likeness (QED) is 0.338. The molecule has 0 unspecified atom stereocenters. The lowest BCUT2D eigenvalue weighted by Crippen LogP contribution is -2.47. The van der Waals surface area contributed by atoms with Crippen LogP contribution in [-0.4, -0.2) is 86.7 Å². The second-order valence-electron chi connectivity index (χ2n) is 9.24. The summed E-state index contributed by atoms with van der Waals surface area (Å²) in [6.45, 7) is 4.42. The molecule has 1 aromatic heterocycles. The van der Waals surface area contributed by atoms with Gasteiger partial charge in [0.2, 0.25) is 5.91 Å². The van der Waals surface area contributed by atoms with Crippen molar-refractivity contribution in [2.24, 2.45) is 0 Å². The summed E-state index contributed by atoms with van der Waals surface area (Å²) < 4.78 is 29.7. The number of morpholine rings is 1. The molecule has 0 bridgehead atoms. The van der Waals surface area contributed by atoms with Crippen LogP contribution in [0.4, 0.5) is 4.39 Å². The van der Waals surface area contributed by atoms with Crippen LogP contribution in [0.5, 0.6) is 11.5 Å². The van der Waals surface area contributed by atoms with Gasteiger partial charge in [-0.3, -0.25) is 14.5 Å². The smallest absolute Gasteiger partial charge is 0.254 e. The Morgan fingerprint density at radius 3 is 2.28 bits per heavy atom. The van der Waals surface area contributed by atoms with Crippen molar-refractivity contribution in [3.05, 3.63) is 81.8 Å². The third-order valence-corrected chi connectivity index (χ3v) is 7.43. The zero-order valence-corrected chi connectivity index (χ0v) is 23.1. The highest BCUT2D eigenvalue weighted by Gasteiger charge is 2.25. The lowest BCUT2D eigenvalue weighted by Gasteiger charge is -2.31. The highest BCUT2D eigenvalue weighted by atomic mass is 32.1. The van der Waals surface area contributed by atoms with Crippen LogP contribution in [0, 0.1) is 5.82 Å². The van der Waals surface area contributed by atoms with E-state index in [9.17, 15) is 14.0 Å². The van der Waals surface area contributed by atoms with Crippen molar-refractivity contribution in [1.29, 1.82) is 0 Å². The number of hydrogen-bond donors (Lipinski definition) is 0. The van der Waals surface area contributed by atoms with Gasteiger partial charge in [-0.2, -0.15) is 0 Å². The molecule has 2 heterocycles. The number of ether oxygens (including phenoxy) is 3. The molecule has 4 rings (SSSR count). The van der Waals surface area contributed by atoms with Gasteiger partial charge in [0.1, 0.15) is 23.9 Å². The van der Waals surface area contributed by atoms with Crippen molar-refractivity contribution in [3.8, 4) is 11.5 Å². The van der Waals surface area contributed by atoms with Crippen LogP contribution in [0.1, 0.15) is 20.8 Å². The predicted octanol–water partition coefficient (Wildman–Crippen LogP) is 3.91. The molecule has 1 aliphatic heterocycles. The molecule has 0 spiro atoms. The maximum atomic E-state index is 13.8. The molecular weight excluding hydrogens is 521 g/mol. The number of hydrogen-bond acceptors (Lipinski definition) is 7. The molecule has 1 aliphatic rings. The van der Waals surface area contributed by atoms with E-state index in [0.717, 1.165) is 23.5 Å². The van der Waals surface area contributed by atoms with Crippen LogP contribution in [-0.2, 0) is 22.6 Å². The third-order valence-electron chi connectivity index (χ3n) is 6.57. The molecule has 208 valence electrons. The van der Waals surface area contributed by atoms with Gasteiger partial charge in [0, 0.05) is 49.2 Å². The summed E-state index contributed by atoms with van der Waals surface area (Å²) in [6, 6.07) is 15.0. The molecule has 1 fully saturated rings. The van der Waals surface area contributed by atoms with Crippen LogP contribution in [0.2, 0.25) is 0 Å². The van der Waals surface area contributed by atoms with Gasteiger partial charge in [0.25, 0.3) is 5.91 Å². The van der Waals surface area contributed by atoms with E-state index in [0.29, 0.717) is 56.5 Å². The first-order valence-corrected chi connectivity index (χ1v) is 13.7. The summed E-state index contributed by atoms with van der Waals surface area (Å²) in [4.78, 5) is 34.1. The molecule has 0 aliphatic carbocycles. The molecule has 3 aromatic rings. The largest absolute Gasteiger partial charge is 0.497 e. The van der Waals surface area contributed by atoms with E-state index >= 15 is 0 Å². The second kappa shape index (κ2) is 14.1. The highest BCUT2D eigenvalue weighted by Crippen LogP contribution is 2.24. The minimum absolute atomic E-state index is 0.102. The Labute approximate surface area is 232 Å². The number of thiophene rings is 1. The van der Waals surface area contributed by atoms with E-state index in [4.69, 9.17) is 14.2 Å². The monoisotopic (exact) mass is 555 g/mol. The minimum Gasteiger partial charge on any atom is -0.497 e. The Bertz CT molecular complexity index is 1190. The first-order chi connectivity index (χ1) is 18.9. The van der Waals surface area contributed by atoms with E-state index in [-0.39, 0.29) is 24.2 Å². The molecule has 1 saturated heterocycles. The fourth-order valence-corrected chi connectivity index (χ4v) is 5.07. The van der Waals surface area contributed by atoms with Crippen LogP contribution >= 0.6 is 11.3 Å². The number of amides is 2. The van der Waals surface area contributed by atoms with Crippen molar-refractivity contribution in [2.45, 2.75) is 13.1 Å². The number of halogens is 1. The summed E-state index contributed by atoms with van der Waals surface area (Å²) in [7, 11) is 3.06. The number of carbonyl (C=O) groups excluding carboxylic acids is 2. The minimum atomic E-state index is -0.330.